The normalized spacial score (nSPS) is 23.2. The monoisotopic (exact) mass is 224 g/mol. The maximum atomic E-state index is 9.24. The molecule has 0 amide bonds. The lowest BCUT2D eigenvalue weighted by Crippen LogP contribution is -2.30. The quantitative estimate of drug-likeness (QED) is 0.805. The summed E-state index contributed by atoms with van der Waals surface area (Å²) in [5.41, 5.74) is 0.855. The van der Waals surface area contributed by atoms with Gasteiger partial charge in [-0.3, -0.25) is 0 Å². The first kappa shape index (κ1) is 11.6. The number of rotatable bonds is 4. The van der Waals surface area contributed by atoms with Gasteiger partial charge < -0.3 is 14.8 Å². The molecule has 0 aromatic carbocycles. The van der Waals surface area contributed by atoms with Crippen molar-refractivity contribution >= 4 is 0 Å². The molecule has 0 spiro atoms. The third-order valence-corrected chi connectivity index (χ3v) is 2.97. The standard InChI is InChI=1S/C12H20N2O2/c1-9(15)5-11-8-16-12(14-11)6-10-3-2-4-13-7-10/h8-10,13,15H,2-7H2,1H3. The highest BCUT2D eigenvalue weighted by molar-refractivity contribution is 4.99. The van der Waals surface area contributed by atoms with E-state index in [4.69, 9.17) is 4.42 Å². The molecular formula is C12H20N2O2. The van der Waals surface area contributed by atoms with Gasteiger partial charge in [0.05, 0.1) is 11.8 Å². The van der Waals surface area contributed by atoms with Crippen molar-refractivity contribution in [2.75, 3.05) is 13.1 Å². The van der Waals surface area contributed by atoms with Crippen LogP contribution in [0.5, 0.6) is 0 Å². The van der Waals surface area contributed by atoms with Crippen molar-refractivity contribution in [1.29, 1.82) is 0 Å². The van der Waals surface area contributed by atoms with E-state index in [9.17, 15) is 5.11 Å². The Labute approximate surface area is 96.1 Å². The Balaban J connectivity index is 1.86. The van der Waals surface area contributed by atoms with Crippen molar-refractivity contribution in [1.82, 2.24) is 10.3 Å². The first-order valence-corrected chi connectivity index (χ1v) is 6.06. The van der Waals surface area contributed by atoms with Crippen LogP contribution in [0.3, 0.4) is 0 Å². The lowest BCUT2D eigenvalue weighted by atomic mass is 9.96. The lowest BCUT2D eigenvalue weighted by Gasteiger charge is -2.21. The van der Waals surface area contributed by atoms with Crippen molar-refractivity contribution in [2.24, 2.45) is 5.92 Å². The summed E-state index contributed by atoms with van der Waals surface area (Å²) in [5, 5.41) is 12.6. The molecule has 1 saturated heterocycles. The summed E-state index contributed by atoms with van der Waals surface area (Å²) in [6, 6.07) is 0. The van der Waals surface area contributed by atoms with E-state index in [0.717, 1.165) is 31.1 Å². The molecule has 2 unspecified atom stereocenters. The van der Waals surface area contributed by atoms with Gasteiger partial charge in [-0.2, -0.15) is 0 Å². The first-order valence-electron chi connectivity index (χ1n) is 6.06. The number of oxazole rings is 1. The Bertz CT molecular complexity index is 317. The third kappa shape index (κ3) is 3.32. The summed E-state index contributed by atoms with van der Waals surface area (Å²) in [7, 11) is 0. The van der Waals surface area contributed by atoms with Crippen molar-refractivity contribution < 1.29 is 9.52 Å². The van der Waals surface area contributed by atoms with Gasteiger partial charge in [0.25, 0.3) is 0 Å². The zero-order valence-electron chi connectivity index (χ0n) is 9.78. The van der Waals surface area contributed by atoms with Crippen LogP contribution in [0, 0.1) is 5.92 Å². The predicted octanol–water partition coefficient (Wildman–Crippen LogP) is 1.14. The fourth-order valence-electron chi connectivity index (χ4n) is 2.18. The molecule has 1 aliphatic heterocycles. The van der Waals surface area contributed by atoms with Crippen LogP contribution in [0.15, 0.2) is 10.7 Å². The Hall–Kier alpha value is -0.870. The van der Waals surface area contributed by atoms with Crippen LogP contribution >= 0.6 is 0 Å². The molecule has 1 aromatic heterocycles. The fraction of sp³-hybridized carbons (Fsp3) is 0.750. The highest BCUT2D eigenvalue weighted by atomic mass is 16.3. The molecule has 90 valence electrons. The second-order valence-electron chi connectivity index (χ2n) is 4.70. The van der Waals surface area contributed by atoms with Crippen LogP contribution in [-0.2, 0) is 12.8 Å². The Morgan fingerprint density at radius 3 is 3.25 bits per heavy atom. The van der Waals surface area contributed by atoms with Crippen molar-refractivity contribution in [3.63, 3.8) is 0 Å². The highest BCUT2D eigenvalue weighted by Gasteiger charge is 2.16. The Morgan fingerprint density at radius 1 is 1.69 bits per heavy atom. The number of nitrogens with one attached hydrogen (secondary N) is 1. The SMILES string of the molecule is CC(O)Cc1coc(CC2CCCNC2)n1. The van der Waals surface area contributed by atoms with Crippen LogP contribution in [0.1, 0.15) is 31.4 Å². The summed E-state index contributed by atoms with van der Waals surface area (Å²) in [6.07, 6.45) is 5.29. The van der Waals surface area contributed by atoms with Gasteiger partial charge in [-0.15, -0.1) is 0 Å². The average molecular weight is 224 g/mol. The first-order chi connectivity index (χ1) is 7.74. The maximum Gasteiger partial charge on any atom is 0.194 e. The summed E-state index contributed by atoms with van der Waals surface area (Å²) < 4.78 is 5.42. The van der Waals surface area contributed by atoms with Crippen molar-refractivity contribution in [3.8, 4) is 0 Å². The minimum absolute atomic E-state index is 0.353. The number of hydrogen-bond donors (Lipinski definition) is 2. The van der Waals surface area contributed by atoms with Crippen LogP contribution in [0.4, 0.5) is 0 Å². The van der Waals surface area contributed by atoms with E-state index in [1.807, 2.05) is 0 Å². The van der Waals surface area contributed by atoms with Gasteiger partial charge in [-0.25, -0.2) is 4.98 Å². The molecule has 4 heteroatoms. The minimum Gasteiger partial charge on any atom is -0.449 e. The molecule has 1 aliphatic rings. The zero-order valence-corrected chi connectivity index (χ0v) is 9.78. The molecule has 16 heavy (non-hydrogen) atoms. The number of hydrogen-bond acceptors (Lipinski definition) is 4. The van der Waals surface area contributed by atoms with E-state index in [0.29, 0.717) is 12.3 Å². The van der Waals surface area contributed by atoms with Gasteiger partial charge in [0.15, 0.2) is 5.89 Å². The van der Waals surface area contributed by atoms with Gasteiger partial charge in [0.1, 0.15) is 6.26 Å². The molecule has 2 atom stereocenters. The van der Waals surface area contributed by atoms with Gasteiger partial charge in [-0.1, -0.05) is 0 Å². The Kier molecular flexibility index (Phi) is 3.96. The highest BCUT2D eigenvalue weighted by Crippen LogP contribution is 2.16. The summed E-state index contributed by atoms with van der Waals surface area (Å²) in [6.45, 7) is 3.96. The van der Waals surface area contributed by atoms with Crippen LogP contribution in [0.2, 0.25) is 0 Å². The molecule has 2 heterocycles. The molecule has 4 nitrogen and oxygen atoms in total. The van der Waals surface area contributed by atoms with Gasteiger partial charge >= 0.3 is 0 Å². The zero-order chi connectivity index (χ0) is 11.4. The predicted molar refractivity (Wildman–Crippen MR) is 61.2 cm³/mol. The Morgan fingerprint density at radius 2 is 2.56 bits per heavy atom. The minimum atomic E-state index is -0.353. The molecular weight excluding hydrogens is 204 g/mol. The maximum absolute atomic E-state index is 9.24. The summed E-state index contributed by atoms with van der Waals surface area (Å²) in [5.74, 6) is 1.45. The van der Waals surface area contributed by atoms with Gasteiger partial charge in [0.2, 0.25) is 0 Å². The van der Waals surface area contributed by atoms with Crippen LogP contribution < -0.4 is 5.32 Å². The van der Waals surface area contributed by atoms with E-state index in [1.54, 1.807) is 13.2 Å². The number of aromatic nitrogens is 1. The molecule has 0 bridgehead atoms. The fourth-order valence-corrected chi connectivity index (χ4v) is 2.18. The molecule has 0 saturated carbocycles. The van der Waals surface area contributed by atoms with Crippen molar-refractivity contribution in [2.45, 2.75) is 38.7 Å². The molecule has 1 fully saturated rings. The summed E-state index contributed by atoms with van der Waals surface area (Å²) in [4.78, 5) is 4.39. The number of nitrogens with zero attached hydrogens (tertiary/aromatic N) is 1. The molecule has 2 N–H and O–H groups in total. The molecule has 1 aromatic rings. The average Bonchev–Trinajstić information content (AvgIpc) is 2.66. The largest absolute Gasteiger partial charge is 0.449 e. The topological polar surface area (TPSA) is 58.3 Å². The smallest absolute Gasteiger partial charge is 0.194 e. The molecule has 0 radical (unpaired) electrons. The lowest BCUT2D eigenvalue weighted by molar-refractivity contribution is 0.194. The van der Waals surface area contributed by atoms with E-state index in [-0.39, 0.29) is 6.10 Å². The van der Waals surface area contributed by atoms with Gasteiger partial charge in [0, 0.05) is 12.8 Å². The van der Waals surface area contributed by atoms with E-state index in [2.05, 4.69) is 10.3 Å². The molecule has 2 rings (SSSR count). The number of aliphatic hydroxyl groups is 1. The second-order valence-corrected chi connectivity index (χ2v) is 4.70. The van der Waals surface area contributed by atoms with Crippen LogP contribution in [-0.4, -0.2) is 29.3 Å². The second kappa shape index (κ2) is 5.46. The summed E-state index contributed by atoms with van der Waals surface area (Å²) >= 11 is 0. The molecule has 0 aliphatic carbocycles. The number of aliphatic hydroxyl groups excluding tert-OH is 1. The third-order valence-electron chi connectivity index (χ3n) is 2.97. The van der Waals surface area contributed by atoms with Gasteiger partial charge in [-0.05, 0) is 38.8 Å². The van der Waals surface area contributed by atoms with E-state index in [1.165, 1.54) is 12.8 Å². The van der Waals surface area contributed by atoms with Crippen molar-refractivity contribution in [3.05, 3.63) is 17.8 Å². The van der Waals surface area contributed by atoms with Crippen LogP contribution in [0.25, 0.3) is 0 Å². The van der Waals surface area contributed by atoms with E-state index >= 15 is 0 Å². The number of piperidine rings is 1. The van der Waals surface area contributed by atoms with E-state index < -0.39 is 0 Å².